The second kappa shape index (κ2) is 9.72. The number of piperazine rings is 1. The van der Waals surface area contributed by atoms with Gasteiger partial charge < -0.3 is 26.2 Å². The minimum Gasteiger partial charge on any atom is -0.355 e. The smallest absolute Gasteiger partial charge is 0.323 e. The minimum atomic E-state index is -0.454. The molecule has 172 valence electrons. The zero-order valence-electron chi connectivity index (χ0n) is 18.4. The molecule has 4 aromatic rings. The van der Waals surface area contributed by atoms with Crippen molar-refractivity contribution in [3.8, 4) is 0 Å². The zero-order valence-corrected chi connectivity index (χ0v) is 18.4. The maximum absolute atomic E-state index is 13.3. The van der Waals surface area contributed by atoms with Crippen LogP contribution in [0.1, 0.15) is 0 Å². The summed E-state index contributed by atoms with van der Waals surface area (Å²) in [5.74, 6) is 0.464. The number of carbonyl (C=O) groups is 1. The summed E-state index contributed by atoms with van der Waals surface area (Å²) in [6, 6.07) is 18.5. The van der Waals surface area contributed by atoms with E-state index in [1.165, 1.54) is 18.2 Å². The van der Waals surface area contributed by atoms with Crippen LogP contribution in [0.4, 0.5) is 37.8 Å². The maximum atomic E-state index is 13.3. The summed E-state index contributed by atoms with van der Waals surface area (Å²) in [5.41, 5.74) is 4.28. The summed E-state index contributed by atoms with van der Waals surface area (Å²) in [5, 5.41) is 12.1. The molecule has 9 heteroatoms. The van der Waals surface area contributed by atoms with Crippen LogP contribution in [0.25, 0.3) is 11.0 Å². The summed E-state index contributed by atoms with van der Waals surface area (Å²) in [6.45, 7) is 3.69. The first-order valence-electron chi connectivity index (χ1n) is 11.1. The largest absolute Gasteiger partial charge is 0.355 e. The van der Waals surface area contributed by atoms with Gasteiger partial charge in [-0.3, -0.25) is 4.98 Å². The standard InChI is InChI=1S/C25H24FN7O/c26-17-3-1-4-18(13-17)30-25(34)31-20-6-2-5-19(14-20)29-21-7-8-22-23(15-21)32-24(16-28-22)33-11-9-27-10-12-33/h1-8,13-16,27,29H,9-12H2,(H2,30,31,34). The molecule has 5 rings (SSSR count). The molecule has 2 amide bonds. The maximum Gasteiger partial charge on any atom is 0.323 e. The third kappa shape index (κ3) is 5.21. The lowest BCUT2D eigenvalue weighted by Crippen LogP contribution is -2.43. The molecule has 0 atom stereocenters. The molecule has 0 bridgehead atoms. The first-order valence-corrected chi connectivity index (χ1v) is 11.1. The van der Waals surface area contributed by atoms with E-state index < -0.39 is 11.8 Å². The molecule has 0 aliphatic carbocycles. The lowest BCUT2D eigenvalue weighted by Gasteiger charge is -2.28. The van der Waals surface area contributed by atoms with Gasteiger partial charge in [0.05, 0.1) is 17.2 Å². The predicted molar refractivity (Wildman–Crippen MR) is 133 cm³/mol. The molecule has 0 unspecified atom stereocenters. The van der Waals surface area contributed by atoms with E-state index in [2.05, 4.69) is 31.2 Å². The minimum absolute atomic E-state index is 0.379. The number of carbonyl (C=O) groups excluding carboxylic acids is 1. The fourth-order valence-electron chi connectivity index (χ4n) is 3.83. The van der Waals surface area contributed by atoms with Gasteiger partial charge in [-0.2, -0.15) is 0 Å². The Bertz CT molecular complexity index is 1320. The molecule has 2 heterocycles. The Morgan fingerprint density at radius 2 is 1.56 bits per heavy atom. The third-order valence-corrected chi connectivity index (χ3v) is 5.46. The normalized spacial score (nSPS) is 13.5. The van der Waals surface area contributed by atoms with Gasteiger partial charge in [-0.15, -0.1) is 0 Å². The summed E-state index contributed by atoms with van der Waals surface area (Å²) < 4.78 is 13.3. The van der Waals surface area contributed by atoms with E-state index in [-0.39, 0.29) is 0 Å². The summed E-state index contributed by atoms with van der Waals surface area (Å²) in [7, 11) is 0. The molecule has 1 aliphatic heterocycles. The number of fused-ring (bicyclic) bond motifs is 1. The van der Waals surface area contributed by atoms with Gasteiger partial charge in [0.15, 0.2) is 0 Å². The van der Waals surface area contributed by atoms with Crippen molar-refractivity contribution in [1.82, 2.24) is 15.3 Å². The molecule has 1 aromatic heterocycles. The van der Waals surface area contributed by atoms with Crippen LogP contribution in [0, 0.1) is 5.82 Å². The highest BCUT2D eigenvalue weighted by Crippen LogP contribution is 2.24. The summed E-state index contributed by atoms with van der Waals surface area (Å²) >= 11 is 0. The second-order valence-electron chi connectivity index (χ2n) is 7.96. The highest BCUT2D eigenvalue weighted by atomic mass is 19.1. The molecular weight excluding hydrogens is 433 g/mol. The molecule has 1 saturated heterocycles. The number of amides is 2. The van der Waals surface area contributed by atoms with E-state index in [9.17, 15) is 9.18 Å². The molecule has 8 nitrogen and oxygen atoms in total. The number of anilines is 5. The number of nitrogens with one attached hydrogen (secondary N) is 4. The van der Waals surface area contributed by atoms with E-state index in [1.54, 1.807) is 12.1 Å². The van der Waals surface area contributed by atoms with Crippen LogP contribution in [0.5, 0.6) is 0 Å². The SMILES string of the molecule is O=C(Nc1cccc(F)c1)Nc1cccc(Nc2ccc3ncc(N4CCNCC4)nc3c2)c1. The highest BCUT2D eigenvalue weighted by Gasteiger charge is 2.13. The van der Waals surface area contributed by atoms with Crippen molar-refractivity contribution in [1.29, 1.82) is 0 Å². The van der Waals surface area contributed by atoms with Gasteiger partial charge >= 0.3 is 6.03 Å². The molecule has 1 fully saturated rings. The summed E-state index contributed by atoms with van der Waals surface area (Å²) in [4.78, 5) is 23.9. The van der Waals surface area contributed by atoms with Gasteiger partial charge in [0.2, 0.25) is 0 Å². The van der Waals surface area contributed by atoms with E-state index in [0.29, 0.717) is 11.4 Å². The fourth-order valence-corrected chi connectivity index (χ4v) is 3.83. The number of hydrogen-bond acceptors (Lipinski definition) is 6. The predicted octanol–water partition coefficient (Wildman–Crippen LogP) is 4.57. The Morgan fingerprint density at radius 3 is 2.35 bits per heavy atom. The van der Waals surface area contributed by atoms with Crippen molar-refractivity contribution in [2.45, 2.75) is 0 Å². The van der Waals surface area contributed by atoms with Crippen molar-refractivity contribution in [3.05, 3.63) is 78.7 Å². The van der Waals surface area contributed by atoms with Crippen molar-refractivity contribution in [2.75, 3.05) is 47.0 Å². The van der Waals surface area contributed by atoms with Crippen molar-refractivity contribution >= 4 is 45.6 Å². The topological polar surface area (TPSA) is 94.2 Å². The van der Waals surface area contributed by atoms with Gasteiger partial charge in [0, 0.05) is 48.9 Å². The van der Waals surface area contributed by atoms with Gasteiger partial charge in [-0.25, -0.2) is 14.2 Å². The Balaban J connectivity index is 1.28. The van der Waals surface area contributed by atoms with Crippen LogP contribution in [-0.2, 0) is 0 Å². The van der Waals surface area contributed by atoms with E-state index in [4.69, 9.17) is 4.98 Å². The Kier molecular flexibility index (Phi) is 6.17. The van der Waals surface area contributed by atoms with Crippen LogP contribution < -0.4 is 26.2 Å². The lowest BCUT2D eigenvalue weighted by molar-refractivity contribution is 0.262. The number of rotatable bonds is 5. The van der Waals surface area contributed by atoms with Crippen LogP contribution in [0.15, 0.2) is 72.9 Å². The molecule has 0 spiro atoms. The Hall–Kier alpha value is -4.24. The number of hydrogen-bond donors (Lipinski definition) is 4. The van der Waals surface area contributed by atoms with E-state index >= 15 is 0 Å². The van der Waals surface area contributed by atoms with Crippen molar-refractivity contribution in [3.63, 3.8) is 0 Å². The molecule has 3 aromatic carbocycles. The Labute approximate surface area is 196 Å². The average molecular weight is 458 g/mol. The molecule has 0 saturated carbocycles. The van der Waals surface area contributed by atoms with Gasteiger partial charge in [-0.1, -0.05) is 12.1 Å². The molecular formula is C25H24FN7O. The van der Waals surface area contributed by atoms with E-state index in [0.717, 1.165) is 54.4 Å². The monoisotopic (exact) mass is 457 g/mol. The summed E-state index contributed by atoms with van der Waals surface area (Å²) in [6.07, 6.45) is 1.82. The molecule has 34 heavy (non-hydrogen) atoms. The van der Waals surface area contributed by atoms with Crippen LogP contribution in [-0.4, -0.2) is 42.2 Å². The first-order chi connectivity index (χ1) is 16.6. The Morgan fingerprint density at radius 1 is 0.853 bits per heavy atom. The average Bonchev–Trinajstić information content (AvgIpc) is 2.84. The quantitative estimate of drug-likeness (QED) is 0.351. The fraction of sp³-hybridized carbons (Fsp3) is 0.160. The van der Waals surface area contributed by atoms with Gasteiger partial charge in [0.1, 0.15) is 11.6 Å². The van der Waals surface area contributed by atoms with Crippen molar-refractivity contribution in [2.24, 2.45) is 0 Å². The van der Waals surface area contributed by atoms with E-state index in [1.807, 2.05) is 42.6 Å². The van der Waals surface area contributed by atoms with Crippen LogP contribution in [0.2, 0.25) is 0 Å². The number of urea groups is 1. The lowest BCUT2D eigenvalue weighted by atomic mass is 10.2. The number of halogens is 1. The zero-order chi connectivity index (χ0) is 23.3. The van der Waals surface area contributed by atoms with Gasteiger partial charge in [-0.05, 0) is 54.6 Å². The van der Waals surface area contributed by atoms with Crippen LogP contribution >= 0.6 is 0 Å². The number of nitrogens with zero attached hydrogens (tertiary/aromatic N) is 3. The van der Waals surface area contributed by atoms with Crippen LogP contribution in [0.3, 0.4) is 0 Å². The third-order valence-electron chi connectivity index (χ3n) is 5.46. The number of aromatic nitrogens is 2. The van der Waals surface area contributed by atoms with Crippen molar-refractivity contribution < 1.29 is 9.18 Å². The second-order valence-corrected chi connectivity index (χ2v) is 7.96. The van der Waals surface area contributed by atoms with Gasteiger partial charge in [0.25, 0.3) is 0 Å². The highest BCUT2D eigenvalue weighted by molar-refractivity contribution is 6.00. The molecule has 1 aliphatic rings. The molecule has 0 radical (unpaired) electrons. The first kappa shape index (κ1) is 21.6. The number of benzene rings is 3. The molecule has 4 N–H and O–H groups in total.